The van der Waals surface area contributed by atoms with Gasteiger partial charge in [-0.3, -0.25) is 0 Å². The van der Waals surface area contributed by atoms with E-state index in [1.54, 1.807) is 6.42 Å². The van der Waals surface area contributed by atoms with Crippen LogP contribution in [-0.2, 0) is 0 Å². The van der Waals surface area contributed by atoms with E-state index in [1.165, 1.54) is 32.1 Å². The molecule has 0 nitrogen and oxygen atoms in total. The molecule has 0 N–H and O–H groups in total. The third-order valence-corrected chi connectivity index (χ3v) is 4.86. The minimum atomic E-state index is 0.926. The van der Waals surface area contributed by atoms with Crippen molar-refractivity contribution in [3.8, 4) is 0 Å². The normalized spacial score (nSPS) is 43.7. The van der Waals surface area contributed by atoms with Crippen molar-refractivity contribution in [3.05, 3.63) is 0 Å². The molecule has 14 heavy (non-hydrogen) atoms. The maximum absolute atomic E-state index is 2.45. The van der Waals surface area contributed by atoms with E-state index in [-0.39, 0.29) is 0 Å². The zero-order valence-electron chi connectivity index (χ0n) is 10.1. The lowest BCUT2D eigenvalue weighted by molar-refractivity contribution is 0.0865. The van der Waals surface area contributed by atoms with Gasteiger partial charge in [0.15, 0.2) is 0 Å². The fraction of sp³-hybridized carbons (Fsp3) is 1.00. The summed E-state index contributed by atoms with van der Waals surface area (Å²) in [6.45, 7) is 7.28. The van der Waals surface area contributed by atoms with Gasteiger partial charge in [-0.1, -0.05) is 27.2 Å². The summed E-state index contributed by atoms with van der Waals surface area (Å²) in [5.74, 6) is 5.20. The van der Waals surface area contributed by atoms with E-state index in [2.05, 4.69) is 20.8 Å². The molecule has 4 atom stereocenters. The van der Waals surface area contributed by atoms with Crippen molar-refractivity contribution >= 4 is 0 Å². The van der Waals surface area contributed by atoms with Crippen molar-refractivity contribution in [1.29, 1.82) is 0 Å². The first-order valence-electron chi connectivity index (χ1n) is 6.66. The first-order valence-corrected chi connectivity index (χ1v) is 6.66. The van der Waals surface area contributed by atoms with Crippen molar-refractivity contribution in [2.24, 2.45) is 29.6 Å². The lowest BCUT2D eigenvalue weighted by atomic mass is 9.63. The summed E-state index contributed by atoms with van der Waals surface area (Å²) in [5, 5.41) is 0. The van der Waals surface area contributed by atoms with Crippen LogP contribution < -0.4 is 0 Å². The number of fused-ring (bicyclic) bond motifs is 1. The highest BCUT2D eigenvalue weighted by Gasteiger charge is 2.34. The molecule has 2 saturated carbocycles. The SMILES string of the molecule is CC1CCC2CC(C(C)C)CCC2C1. The molecular weight excluding hydrogens is 168 g/mol. The maximum Gasteiger partial charge on any atom is -0.0383 e. The molecular formula is C14H26. The van der Waals surface area contributed by atoms with Crippen molar-refractivity contribution in [1.82, 2.24) is 0 Å². The molecule has 0 amide bonds. The standard InChI is InChI=1S/C14H26/c1-10(2)12-6-7-13-8-11(3)4-5-14(13)9-12/h10-14H,4-9H2,1-3H3. The fourth-order valence-corrected chi connectivity index (χ4v) is 3.77. The molecule has 2 aliphatic rings. The van der Waals surface area contributed by atoms with Gasteiger partial charge in [0.2, 0.25) is 0 Å². The van der Waals surface area contributed by atoms with Crippen LogP contribution in [0.25, 0.3) is 0 Å². The third-order valence-electron chi connectivity index (χ3n) is 4.86. The molecule has 2 aliphatic carbocycles. The highest BCUT2D eigenvalue weighted by molar-refractivity contribution is 4.85. The molecule has 0 heteroatoms. The van der Waals surface area contributed by atoms with Crippen LogP contribution in [-0.4, -0.2) is 0 Å². The lowest BCUT2D eigenvalue weighted by Crippen LogP contribution is -2.31. The van der Waals surface area contributed by atoms with Gasteiger partial charge in [-0.25, -0.2) is 0 Å². The number of hydrogen-bond donors (Lipinski definition) is 0. The Hall–Kier alpha value is 0. The second kappa shape index (κ2) is 4.24. The minimum absolute atomic E-state index is 0.926. The molecule has 2 fully saturated rings. The summed E-state index contributed by atoms with van der Waals surface area (Å²) >= 11 is 0. The van der Waals surface area contributed by atoms with Crippen LogP contribution >= 0.6 is 0 Å². The van der Waals surface area contributed by atoms with Crippen LogP contribution in [0.4, 0.5) is 0 Å². The zero-order valence-corrected chi connectivity index (χ0v) is 10.1. The predicted molar refractivity (Wildman–Crippen MR) is 62.2 cm³/mol. The number of rotatable bonds is 1. The van der Waals surface area contributed by atoms with E-state index < -0.39 is 0 Å². The third kappa shape index (κ3) is 2.15. The largest absolute Gasteiger partial charge is 0.0625 e. The summed E-state index contributed by atoms with van der Waals surface area (Å²) in [4.78, 5) is 0. The second-order valence-electron chi connectivity index (χ2n) is 6.26. The highest BCUT2D eigenvalue weighted by Crippen LogP contribution is 2.46. The molecule has 0 spiro atoms. The van der Waals surface area contributed by atoms with Crippen molar-refractivity contribution < 1.29 is 0 Å². The summed E-state index contributed by atoms with van der Waals surface area (Å²) in [7, 11) is 0. The van der Waals surface area contributed by atoms with E-state index >= 15 is 0 Å². The Morgan fingerprint density at radius 2 is 1.50 bits per heavy atom. The first kappa shape index (κ1) is 10.5. The Labute approximate surface area is 89.5 Å². The van der Waals surface area contributed by atoms with Gasteiger partial charge in [-0.2, -0.15) is 0 Å². The van der Waals surface area contributed by atoms with E-state index in [9.17, 15) is 0 Å². The number of hydrogen-bond acceptors (Lipinski definition) is 0. The second-order valence-corrected chi connectivity index (χ2v) is 6.26. The Bertz CT molecular complexity index is 182. The summed E-state index contributed by atoms with van der Waals surface area (Å²) < 4.78 is 0. The Morgan fingerprint density at radius 1 is 0.857 bits per heavy atom. The summed E-state index contributed by atoms with van der Waals surface area (Å²) in [5.41, 5.74) is 0. The Kier molecular flexibility index (Phi) is 3.19. The zero-order chi connectivity index (χ0) is 10.1. The van der Waals surface area contributed by atoms with E-state index in [1.807, 2.05) is 0 Å². The summed E-state index contributed by atoms with van der Waals surface area (Å²) in [6, 6.07) is 0. The fourth-order valence-electron chi connectivity index (χ4n) is 3.77. The lowest BCUT2D eigenvalue weighted by Gasteiger charge is -2.42. The van der Waals surface area contributed by atoms with Gasteiger partial charge in [0, 0.05) is 0 Å². The van der Waals surface area contributed by atoms with Crippen LogP contribution in [0.5, 0.6) is 0 Å². The van der Waals surface area contributed by atoms with Gasteiger partial charge in [0.05, 0.1) is 0 Å². The predicted octanol–water partition coefficient (Wildman–Crippen LogP) is 4.49. The molecule has 82 valence electrons. The van der Waals surface area contributed by atoms with Gasteiger partial charge >= 0.3 is 0 Å². The molecule has 0 radical (unpaired) electrons. The molecule has 0 aromatic heterocycles. The van der Waals surface area contributed by atoms with Gasteiger partial charge in [0.25, 0.3) is 0 Å². The molecule has 2 rings (SSSR count). The summed E-state index contributed by atoms with van der Waals surface area (Å²) in [6.07, 6.45) is 9.19. The van der Waals surface area contributed by atoms with Crippen molar-refractivity contribution in [2.45, 2.75) is 59.3 Å². The topological polar surface area (TPSA) is 0 Å². The van der Waals surface area contributed by atoms with Gasteiger partial charge in [-0.05, 0) is 61.7 Å². The van der Waals surface area contributed by atoms with Crippen LogP contribution in [0.15, 0.2) is 0 Å². The first-order chi connectivity index (χ1) is 6.66. The molecule has 4 unspecified atom stereocenters. The average Bonchev–Trinajstić information content (AvgIpc) is 2.16. The molecule has 0 bridgehead atoms. The van der Waals surface area contributed by atoms with Crippen LogP contribution in [0.1, 0.15) is 59.3 Å². The van der Waals surface area contributed by atoms with Crippen molar-refractivity contribution in [3.63, 3.8) is 0 Å². The van der Waals surface area contributed by atoms with Crippen LogP contribution in [0.2, 0.25) is 0 Å². The molecule has 0 saturated heterocycles. The maximum atomic E-state index is 2.45. The molecule has 0 aromatic rings. The van der Waals surface area contributed by atoms with E-state index in [4.69, 9.17) is 0 Å². The van der Waals surface area contributed by atoms with Gasteiger partial charge in [-0.15, -0.1) is 0 Å². The Balaban J connectivity index is 1.91. The van der Waals surface area contributed by atoms with Crippen LogP contribution in [0, 0.1) is 29.6 Å². The monoisotopic (exact) mass is 194 g/mol. The molecule has 0 aliphatic heterocycles. The smallest absolute Gasteiger partial charge is 0.0383 e. The van der Waals surface area contributed by atoms with Gasteiger partial charge < -0.3 is 0 Å². The molecule has 0 heterocycles. The minimum Gasteiger partial charge on any atom is -0.0625 e. The average molecular weight is 194 g/mol. The highest BCUT2D eigenvalue weighted by atomic mass is 14.4. The molecule has 0 aromatic carbocycles. The van der Waals surface area contributed by atoms with Crippen LogP contribution in [0.3, 0.4) is 0 Å². The van der Waals surface area contributed by atoms with E-state index in [0.29, 0.717) is 0 Å². The van der Waals surface area contributed by atoms with E-state index in [0.717, 1.165) is 29.6 Å². The van der Waals surface area contributed by atoms with Crippen molar-refractivity contribution in [2.75, 3.05) is 0 Å². The van der Waals surface area contributed by atoms with Gasteiger partial charge in [0.1, 0.15) is 0 Å². The quantitative estimate of drug-likeness (QED) is 0.577. The Morgan fingerprint density at radius 3 is 2.21 bits per heavy atom.